The molecule has 0 saturated carbocycles. The molecular weight excluding hydrogens is 311 g/mol. The zero-order valence-corrected chi connectivity index (χ0v) is 13.4. The third-order valence-electron chi connectivity index (χ3n) is 3.51. The number of rotatable bonds is 5. The Bertz CT molecular complexity index is 813. The molecule has 116 valence electrons. The lowest BCUT2D eigenvalue weighted by Gasteiger charge is -2.06. The second-order valence-corrected chi connectivity index (χ2v) is 6.01. The van der Waals surface area contributed by atoms with Gasteiger partial charge in [0.1, 0.15) is 5.82 Å². The molecule has 0 aliphatic heterocycles. The van der Waals surface area contributed by atoms with E-state index in [9.17, 15) is 9.18 Å². The molecule has 1 aromatic heterocycles. The number of imidazole rings is 1. The maximum absolute atomic E-state index is 13.0. The number of benzene rings is 2. The summed E-state index contributed by atoms with van der Waals surface area (Å²) in [5.74, 6) is 0.137. The van der Waals surface area contributed by atoms with E-state index < -0.39 is 0 Å². The molecule has 0 unspecified atom stereocenters. The van der Waals surface area contributed by atoms with Gasteiger partial charge in [0.15, 0.2) is 10.9 Å². The summed E-state index contributed by atoms with van der Waals surface area (Å²) in [6, 6.07) is 15.5. The molecule has 0 aliphatic carbocycles. The number of hydrogen-bond acceptors (Lipinski definition) is 3. The molecule has 3 aromatic rings. The van der Waals surface area contributed by atoms with E-state index in [-0.39, 0.29) is 11.6 Å². The number of carbonyl (C=O) groups is 1. The van der Waals surface area contributed by atoms with E-state index >= 15 is 0 Å². The third kappa shape index (κ3) is 3.51. The first-order valence-corrected chi connectivity index (χ1v) is 8.12. The van der Waals surface area contributed by atoms with Crippen LogP contribution in [0.3, 0.4) is 0 Å². The molecule has 0 spiro atoms. The third-order valence-corrected chi connectivity index (χ3v) is 4.56. The van der Waals surface area contributed by atoms with Crippen molar-refractivity contribution in [2.45, 2.75) is 5.16 Å². The second kappa shape index (κ2) is 6.79. The molecule has 0 radical (unpaired) electrons. The van der Waals surface area contributed by atoms with Crippen molar-refractivity contribution in [2.75, 3.05) is 5.75 Å². The fourth-order valence-electron chi connectivity index (χ4n) is 2.25. The van der Waals surface area contributed by atoms with Crippen LogP contribution in [0.5, 0.6) is 0 Å². The number of halogens is 1. The average Bonchev–Trinajstić information content (AvgIpc) is 2.95. The molecule has 1 heterocycles. The van der Waals surface area contributed by atoms with Crippen LogP contribution in [0.1, 0.15) is 10.4 Å². The van der Waals surface area contributed by atoms with Crippen molar-refractivity contribution in [3.63, 3.8) is 0 Å². The number of thioether (sulfide) groups is 1. The zero-order valence-electron chi connectivity index (χ0n) is 12.6. The van der Waals surface area contributed by atoms with Crippen LogP contribution in [0.4, 0.5) is 4.39 Å². The number of ketones is 1. The van der Waals surface area contributed by atoms with E-state index in [1.54, 1.807) is 18.3 Å². The monoisotopic (exact) mass is 326 g/mol. The Hall–Kier alpha value is -2.40. The van der Waals surface area contributed by atoms with Crippen LogP contribution in [0.15, 0.2) is 66.0 Å². The smallest absolute Gasteiger partial charge is 0.173 e. The zero-order chi connectivity index (χ0) is 16.2. The summed E-state index contributed by atoms with van der Waals surface area (Å²) in [6.07, 6.45) is 1.74. The van der Waals surface area contributed by atoms with Crippen molar-refractivity contribution in [3.05, 3.63) is 72.2 Å². The van der Waals surface area contributed by atoms with E-state index in [2.05, 4.69) is 4.98 Å². The Balaban J connectivity index is 1.72. The van der Waals surface area contributed by atoms with Gasteiger partial charge in [-0.2, -0.15) is 0 Å². The van der Waals surface area contributed by atoms with Crippen LogP contribution in [-0.2, 0) is 7.05 Å². The Morgan fingerprint density at radius 2 is 1.83 bits per heavy atom. The molecule has 0 bridgehead atoms. The summed E-state index contributed by atoms with van der Waals surface area (Å²) >= 11 is 1.40. The van der Waals surface area contributed by atoms with Crippen molar-refractivity contribution in [3.8, 4) is 11.3 Å². The highest BCUT2D eigenvalue weighted by Crippen LogP contribution is 2.25. The SMILES string of the molecule is Cn1c(-c2ccc(F)cc2)cnc1SCC(=O)c1ccccc1. The summed E-state index contributed by atoms with van der Waals surface area (Å²) in [4.78, 5) is 16.5. The van der Waals surface area contributed by atoms with Crippen LogP contribution in [0.2, 0.25) is 0 Å². The van der Waals surface area contributed by atoms with Gasteiger partial charge in [0.2, 0.25) is 0 Å². The maximum Gasteiger partial charge on any atom is 0.173 e. The van der Waals surface area contributed by atoms with Crippen LogP contribution >= 0.6 is 11.8 Å². The van der Waals surface area contributed by atoms with Gasteiger partial charge in [-0.05, 0) is 29.8 Å². The molecule has 0 aliphatic rings. The molecule has 0 saturated heterocycles. The summed E-state index contributed by atoms with van der Waals surface area (Å²) < 4.78 is 14.9. The minimum absolute atomic E-state index is 0.0712. The highest BCUT2D eigenvalue weighted by atomic mass is 32.2. The maximum atomic E-state index is 13.0. The van der Waals surface area contributed by atoms with E-state index in [0.717, 1.165) is 16.4 Å². The Morgan fingerprint density at radius 1 is 1.13 bits per heavy atom. The molecule has 0 fully saturated rings. The molecular formula is C18H15FN2OS. The number of hydrogen-bond donors (Lipinski definition) is 0. The van der Waals surface area contributed by atoms with Crippen molar-refractivity contribution in [1.82, 2.24) is 9.55 Å². The molecule has 2 aromatic carbocycles. The first-order chi connectivity index (χ1) is 11.1. The lowest BCUT2D eigenvalue weighted by Crippen LogP contribution is -2.03. The Labute approximate surface area is 138 Å². The average molecular weight is 326 g/mol. The van der Waals surface area contributed by atoms with E-state index in [4.69, 9.17) is 0 Å². The Morgan fingerprint density at radius 3 is 2.52 bits per heavy atom. The van der Waals surface area contributed by atoms with Gasteiger partial charge >= 0.3 is 0 Å². The topological polar surface area (TPSA) is 34.9 Å². The summed E-state index contributed by atoms with van der Waals surface area (Å²) in [5.41, 5.74) is 2.48. The van der Waals surface area contributed by atoms with Gasteiger partial charge in [-0.25, -0.2) is 9.37 Å². The van der Waals surface area contributed by atoms with Gasteiger partial charge in [0.25, 0.3) is 0 Å². The fourth-order valence-corrected chi connectivity index (χ4v) is 3.10. The lowest BCUT2D eigenvalue weighted by atomic mass is 10.2. The summed E-state index contributed by atoms with van der Waals surface area (Å²) in [7, 11) is 1.89. The predicted octanol–water partition coefficient (Wildman–Crippen LogP) is 4.20. The van der Waals surface area contributed by atoms with E-state index in [0.29, 0.717) is 11.3 Å². The first-order valence-electron chi connectivity index (χ1n) is 7.14. The van der Waals surface area contributed by atoms with Crippen LogP contribution < -0.4 is 0 Å². The van der Waals surface area contributed by atoms with Gasteiger partial charge in [-0.3, -0.25) is 4.79 Å². The van der Waals surface area contributed by atoms with Gasteiger partial charge < -0.3 is 4.57 Å². The minimum Gasteiger partial charge on any atom is -0.322 e. The van der Waals surface area contributed by atoms with Gasteiger partial charge in [0, 0.05) is 12.6 Å². The highest BCUT2D eigenvalue weighted by Gasteiger charge is 2.12. The molecule has 3 rings (SSSR count). The van der Waals surface area contributed by atoms with E-state index in [1.165, 1.54) is 23.9 Å². The van der Waals surface area contributed by atoms with Gasteiger partial charge in [-0.1, -0.05) is 42.1 Å². The van der Waals surface area contributed by atoms with Crippen LogP contribution in [0, 0.1) is 5.82 Å². The minimum atomic E-state index is -0.265. The molecule has 0 N–H and O–H groups in total. The lowest BCUT2D eigenvalue weighted by molar-refractivity contribution is 0.102. The first kappa shape index (κ1) is 15.5. The molecule has 5 heteroatoms. The van der Waals surface area contributed by atoms with Crippen molar-refractivity contribution in [2.24, 2.45) is 7.05 Å². The molecule has 0 amide bonds. The number of carbonyl (C=O) groups excluding carboxylic acids is 1. The van der Waals surface area contributed by atoms with E-state index in [1.807, 2.05) is 41.9 Å². The molecule has 0 atom stereocenters. The van der Waals surface area contributed by atoms with Crippen LogP contribution in [-0.4, -0.2) is 21.1 Å². The number of Topliss-reactive ketones (excluding diaryl/α,β-unsaturated/α-hetero) is 1. The molecule has 3 nitrogen and oxygen atoms in total. The largest absolute Gasteiger partial charge is 0.322 e. The molecule has 23 heavy (non-hydrogen) atoms. The normalized spacial score (nSPS) is 10.7. The van der Waals surface area contributed by atoms with Crippen LogP contribution in [0.25, 0.3) is 11.3 Å². The van der Waals surface area contributed by atoms with Crippen molar-refractivity contribution < 1.29 is 9.18 Å². The quantitative estimate of drug-likeness (QED) is 0.520. The number of aromatic nitrogens is 2. The standard InChI is InChI=1S/C18H15FN2OS/c1-21-16(13-7-9-15(19)10-8-13)11-20-18(21)23-12-17(22)14-5-3-2-4-6-14/h2-11H,12H2,1H3. The van der Waals surface area contributed by atoms with Gasteiger partial charge in [-0.15, -0.1) is 0 Å². The summed E-state index contributed by atoms with van der Waals surface area (Å²) in [5, 5.41) is 0.758. The highest BCUT2D eigenvalue weighted by molar-refractivity contribution is 7.99. The fraction of sp³-hybridized carbons (Fsp3) is 0.111. The predicted molar refractivity (Wildman–Crippen MR) is 90.1 cm³/mol. The van der Waals surface area contributed by atoms with Crippen molar-refractivity contribution in [1.29, 1.82) is 0 Å². The second-order valence-electron chi connectivity index (χ2n) is 5.07. The van der Waals surface area contributed by atoms with Crippen molar-refractivity contribution >= 4 is 17.5 Å². The Kier molecular flexibility index (Phi) is 4.57. The van der Waals surface area contributed by atoms with Gasteiger partial charge in [0.05, 0.1) is 17.6 Å². The number of nitrogens with zero attached hydrogens (tertiary/aromatic N) is 2. The summed E-state index contributed by atoms with van der Waals surface area (Å²) in [6.45, 7) is 0.